The number of carbonyl (C=O) groups is 1. The van der Waals surface area contributed by atoms with Crippen molar-refractivity contribution in [2.75, 3.05) is 7.11 Å². The maximum absolute atomic E-state index is 12.0. The van der Waals surface area contributed by atoms with Crippen LogP contribution in [0.2, 0.25) is 0 Å². The van der Waals surface area contributed by atoms with Crippen LogP contribution < -0.4 is 4.74 Å². The Kier molecular flexibility index (Phi) is 4.65. The van der Waals surface area contributed by atoms with E-state index in [1.54, 1.807) is 26.4 Å². The third kappa shape index (κ3) is 3.18. The highest BCUT2D eigenvalue weighted by molar-refractivity contribution is 6.06. The molecule has 0 amide bonds. The Labute approximate surface area is 146 Å². The molecule has 1 aliphatic rings. The Morgan fingerprint density at radius 1 is 1.16 bits per heavy atom. The van der Waals surface area contributed by atoms with Gasteiger partial charge >= 0.3 is 5.97 Å². The van der Waals surface area contributed by atoms with Crippen LogP contribution >= 0.6 is 0 Å². The van der Waals surface area contributed by atoms with Gasteiger partial charge in [0.15, 0.2) is 0 Å². The average Bonchev–Trinajstić information content (AvgIpc) is 2.61. The average molecular weight is 336 g/mol. The molecule has 25 heavy (non-hydrogen) atoms. The van der Waals surface area contributed by atoms with Gasteiger partial charge < -0.3 is 9.84 Å². The van der Waals surface area contributed by atoms with Crippen molar-refractivity contribution in [2.45, 2.75) is 19.8 Å². The van der Waals surface area contributed by atoms with E-state index < -0.39 is 11.9 Å². The van der Waals surface area contributed by atoms with Crippen LogP contribution in [0.1, 0.15) is 30.9 Å². The molecule has 2 heterocycles. The quantitative estimate of drug-likeness (QED) is 0.922. The van der Waals surface area contributed by atoms with E-state index in [0.29, 0.717) is 5.71 Å². The number of pyridine rings is 1. The number of aliphatic carboxylic acids is 1. The number of aliphatic imine (C=N–C) groups is 1. The zero-order valence-corrected chi connectivity index (χ0v) is 14.4. The molecule has 128 valence electrons. The van der Waals surface area contributed by atoms with E-state index in [9.17, 15) is 9.90 Å². The molecule has 0 spiro atoms. The number of aromatic nitrogens is 1. The van der Waals surface area contributed by atoms with E-state index in [4.69, 9.17) is 4.74 Å². The summed E-state index contributed by atoms with van der Waals surface area (Å²) < 4.78 is 5.22. The molecular weight excluding hydrogens is 316 g/mol. The highest BCUT2D eigenvalue weighted by atomic mass is 16.5. The first-order valence-corrected chi connectivity index (χ1v) is 8.06. The Balaban J connectivity index is 2.19. The third-order valence-electron chi connectivity index (χ3n) is 4.54. The van der Waals surface area contributed by atoms with E-state index in [1.165, 1.54) is 0 Å². The summed E-state index contributed by atoms with van der Waals surface area (Å²) in [5.41, 5.74) is 4.14. The van der Waals surface area contributed by atoms with Gasteiger partial charge in [-0.25, -0.2) is 0 Å². The van der Waals surface area contributed by atoms with Crippen LogP contribution in [0.4, 0.5) is 0 Å². The number of nitrogens with zero attached hydrogens (tertiary/aromatic N) is 2. The third-order valence-corrected chi connectivity index (χ3v) is 4.54. The van der Waals surface area contributed by atoms with Crippen molar-refractivity contribution in [2.24, 2.45) is 10.9 Å². The number of hydrogen-bond acceptors (Lipinski definition) is 4. The lowest BCUT2D eigenvalue weighted by atomic mass is 9.74. The smallest absolute Gasteiger partial charge is 0.313 e. The number of hydrogen-bond donors (Lipinski definition) is 1. The zero-order valence-electron chi connectivity index (χ0n) is 14.4. The van der Waals surface area contributed by atoms with E-state index in [0.717, 1.165) is 28.1 Å². The Morgan fingerprint density at radius 3 is 2.44 bits per heavy atom. The largest absolute Gasteiger partial charge is 0.497 e. The lowest BCUT2D eigenvalue weighted by Gasteiger charge is -2.32. The summed E-state index contributed by atoms with van der Waals surface area (Å²) in [6.45, 7) is 3.69. The molecule has 0 bridgehead atoms. The molecule has 1 N–H and O–H groups in total. The minimum atomic E-state index is -0.879. The van der Waals surface area contributed by atoms with Crippen molar-refractivity contribution in [3.63, 3.8) is 0 Å². The van der Waals surface area contributed by atoms with Crippen LogP contribution in [0.3, 0.4) is 0 Å². The van der Waals surface area contributed by atoms with Crippen molar-refractivity contribution < 1.29 is 14.6 Å². The molecule has 2 atom stereocenters. The van der Waals surface area contributed by atoms with Crippen molar-refractivity contribution in [3.05, 3.63) is 65.6 Å². The number of allylic oxidation sites excluding steroid dienone is 2. The summed E-state index contributed by atoms with van der Waals surface area (Å²) >= 11 is 0. The summed E-state index contributed by atoms with van der Waals surface area (Å²) in [7, 11) is 1.61. The second-order valence-corrected chi connectivity index (χ2v) is 6.06. The number of carboxylic acid groups (broad SMARTS) is 1. The molecule has 5 nitrogen and oxygen atoms in total. The minimum Gasteiger partial charge on any atom is -0.497 e. The molecule has 2 unspecified atom stereocenters. The second kappa shape index (κ2) is 6.89. The maximum Gasteiger partial charge on any atom is 0.313 e. The van der Waals surface area contributed by atoms with Gasteiger partial charge in [0.25, 0.3) is 0 Å². The first-order valence-electron chi connectivity index (χ1n) is 8.06. The number of benzene rings is 1. The van der Waals surface area contributed by atoms with Crippen LogP contribution in [-0.4, -0.2) is 28.9 Å². The summed E-state index contributed by atoms with van der Waals surface area (Å²) in [6, 6.07) is 11.3. The van der Waals surface area contributed by atoms with Crippen LogP contribution in [0.15, 0.2) is 59.5 Å². The lowest BCUT2D eigenvalue weighted by Crippen LogP contribution is -2.32. The maximum atomic E-state index is 12.0. The van der Waals surface area contributed by atoms with Crippen LogP contribution in [0.5, 0.6) is 5.75 Å². The molecule has 0 radical (unpaired) electrons. The summed E-state index contributed by atoms with van der Waals surface area (Å²) in [4.78, 5) is 20.7. The minimum absolute atomic E-state index is 0.329. The van der Waals surface area contributed by atoms with Gasteiger partial charge in [-0.2, -0.15) is 0 Å². The van der Waals surface area contributed by atoms with Crippen LogP contribution in [0.25, 0.3) is 5.57 Å². The van der Waals surface area contributed by atoms with Gasteiger partial charge in [-0.3, -0.25) is 14.8 Å². The number of rotatable bonds is 4. The lowest BCUT2D eigenvalue weighted by molar-refractivity contribution is -0.139. The first kappa shape index (κ1) is 16.9. The SMILES string of the molecule is COc1ccc(C2C(c3cccnc3)=C(C)N=C(C)C2C(=O)O)cc1. The van der Waals surface area contributed by atoms with Crippen LogP contribution in [0, 0.1) is 5.92 Å². The molecule has 5 heteroatoms. The summed E-state index contributed by atoms with van der Waals surface area (Å²) in [5, 5.41) is 9.85. The van der Waals surface area contributed by atoms with E-state index >= 15 is 0 Å². The summed E-state index contributed by atoms with van der Waals surface area (Å²) in [6.07, 6.45) is 3.46. The van der Waals surface area contributed by atoms with Gasteiger partial charge in [0.05, 0.1) is 7.11 Å². The van der Waals surface area contributed by atoms with E-state index in [2.05, 4.69) is 9.98 Å². The monoisotopic (exact) mass is 336 g/mol. The van der Waals surface area contributed by atoms with Crippen LogP contribution in [-0.2, 0) is 4.79 Å². The van der Waals surface area contributed by atoms with Gasteiger partial charge in [0, 0.05) is 29.7 Å². The standard InChI is InChI=1S/C20H20N2O3/c1-12-17(15-5-4-10-21-11-15)19(18(20(23)24)13(2)22-12)14-6-8-16(25-3)9-7-14/h4-11,18-19H,1-3H3,(H,23,24). The molecule has 1 aliphatic heterocycles. The molecule has 0 fully saturated rings. The van der Waals surface area contributed by atoms with Gasteiger partial charge in [-0.1, -0.05) is 18.2 Å². The van der Waals surface area contributed by atoms with Gasteiger partial charge in [-0.05, 0) is 48.7 Å². The fourth-order valence-electron chi connectivity index (χ4n) is 3.43. The van der Waals surface area contributed by atoms with E-state index in [-0.39, 0.29) is 5.92 Å². The molecule has 0 saturated carbocycles. The fraction of sp³-hybridized carbons (Fsp3) is 0.250. The normalized spacial score (nSPS) is 20.2. The molecule has 2 aromatic rings. The van der Waals surface area contributed by atoms with Crippen molar-refractivity contribution in [3.8, 4) is 5.75 Å². The van der Waals surface area contributed by atoms with Crippen molar-refractivity contribution in [1.82, 2.24) is 4.98 Å². The first-order chi connectivity index (χ1) is 12.0. The number of methoxy groups -OCH3 is 1. The highest BCUT2D eigenvalue weighted by Crippen LogP contribution is 2.44. The predicted octanol–water partition coefficient (Wildman–Crippen LogP) is 3.78. The Bertz CT molecular complexity index is 839. The van der Waals surface area contributed by atoms with Gasteiger partial charge in [0.1, 0.15) is 11.7 Å². The zero-order chi connectivity index (χ0) is 18.0. The van der Waals surface area contributed by atoms with E-state index in [1.807, 2.05) is 43.3 Å². The fourth-order valence-corrected chi connectivity index (χ4v) is 3.43. The molecule has 3 rings (SSSR count). The van der Waals surface area contributed by atoms with Gasteiger partial charge in [0.2, 0.25) is 0 Å². The van der Waals surface area contributed by atoms with Crippen molar-refractivity contribution >= 4 is 17.3 Å². The van der Waals surface area contributed by atoms with Gasteiger partial charge in [-0.15, -0.1) is 0 Å². The topological polar surface area (TPSA) is 71.8 Å². The molecular formula is C20H20N2O3. The second-order valence-electron chi connectivity index (χ2n) is 6.06. The molecule has 0 saturated heterocycles. The molecule has 0 aliphatic carbocycles. The van der Waals surface area contributed by atoms with Crippen molar-refractivity contribution in [1.29, 1.82) is 0 Å². The Hall–Kier alpha value is -2.95. The molecule has 1 aromatic heterocycles. The molecule has 1 aromatic carbocycles. The Morgan fingerprint density at radius 2 is 1.88 bits per heavy atom. The predicted molar refractivity (Wildman–Crippen MR) is 96.8 cm³/mol. The number of carboxylic acids is 1. The highest BCUT2D eigenvalue weighted by Gasteiger charge is 2.38. The number of ether oxygens (including phenoxy) is 1. The summed E-state index contributed by atoms with van der Waals surface area (Å²) in [5.74, 6) is -1.19.